The third-order valence-corrected chi connectivity index (χ3v) is 3.06. The van der Waals surface area contributed by atoms with E-state index in [4.69, 9.17) is 0 Å². The van der Waals surface area contributed by atoms with Crippen LogP contribution in [0.4, 0.5) is 5.69 Å². The average molecular weight is 277 g/mol. The molecule has 0 spiro atoms. The Bertz CT molecular complexity index is 720. The Morgan fingerprint density at radius 2 is 1.62 bits per heavy atom. The van der Waals surface area contributed by atoms with E-state index in [0.717, 1.165) is 17.1 Å². The van der Waals surface area contributed by atoms with E-state index in [9.17, 15) is 4.79 Å². The van der Waals surface area contributed by atoms with Gasteiger partial charge in [-0.05, 0) is 30.3 Å². The van der Waals surface area contributed by atoms with E-state index in [0.29, 0.717) is 0 Å². The molecule has 4 heteroatoms. The van der Waals surface area contributed by atoms with Gasteiger partial charge in [-0.25, -0.2) is 4.68 Å². The van der Waals surface area contributed by atoms with Gasteiger partial charge >= 0.3 is 0 Å². The first-order valence-corrected chi connectivity index (χ1v) is 6.76. The summed E-state index contributed by atoms with van der Waals surface area (Å²) in [5.41, 5.74) is 2.52. The first-order chi connectivity index (χ1) is 10.3. The Labute approximate surface area is 123 Å². The van der Waals surface area contributed by atoms with Crippen LogP contribution in [0.1, 0.15) is 5.69 Å². The summed E-state index contributed by atoms with van der Waals surface area (Å²) in [6, 6.07) is 21.1. The van der Waals surface area contributed by atoms with Gasteiger partial charge in [-0.2, -0.15) is 5.10 Å². The first-order valence-electron chi connectivity index (χ1n) is 6.76. The van der Waals surface area contributed by atoms with Crippen molar-refractivity contribution in [2.75, 3.05) is 5.32 Å². The van der Waals surface area contributed by atoms with Crippen LogP contribution in [-0.4, -0.2) is 15.7 Å². The van der Waals surface area contributed by atoms with Gasteiger partial charge in [0, 0.05) is 11.9 Å². The van der Waals surface area contributed by atoms with Crippen molar-refractivity contribution in [1.82, 2.24) is 9.78 Å². The van der Waals surface area contributed by atoms with Gasteiger partial charge in [0.1, 0.15) is 0 Å². The lowest BCUT2D eigenvalue weighted by Crippen LogP contribution is -2.14. The van der Waals surface area contributed by atoms with Gasteiger partial charge in [0.05, 0.1) is 17.8 Å². The van der Waals surface area contributed by atoms with Gasteiger partial charge in [0.2, 0.25) is 5.91 Å². The molecule has 21 heavy (non-hydrogen) atoms. The number of rotatable bonds is 4. The highest BCUT2D eigenvalue weighted by Crippen LogP contribution is 2.09. The van der Waals surface area contributed by atoms with Gasteiger partial charge < -0.3 is 5.32 Å². The molecule has 1 N–H and O–H groups in total. The SMILES string of the molecule is O=C(Cc1ccn(-c2ccccc2)n1)Nc1ccccc1. The zero-order valence-corrected chi connectivity index (χ0v) is 11.4. The summed E-state index contributed by atoms with van der Waals surface area (Å²) in [5, 5.41) is 7.27. The van der Waals surface area contributed by atoms with Crippen molar-refractivity contribution in [2.45, 2.75) is 6.42 Å². The maximum Gasteiger partial charge on any atom is 0.230 e. The second kappa shape index (κ2) is 6.05. The van der Waals surface area contributed by atoms with Gasteiger partial charge in [-0.3, -0.25) is 4.79 Å². The summed E-state index contributed by atoms with van der Waals surface area (Å²) < 4.78 is 1.77. The number of carbonyl (C=O) groups is 1. The standard InChI is InChI=1S/C17H15N3O/c21-17(18-14-7-3-1-4-8-14)13-15-11-12-20(19-15)16-9-5-2-6-10-16/h1-12H,13H2,(H,18,21). The smallest absolute Gasteiger partial charge is 0.230 e. The molecule has 0 unspecified atom stereocenters. The van der Waals surface area contributed by atoms with Gasteiger partial charge in [0.25, 0.3) is 0 Å². The summed E-state index contributed by atoms with van der Waals surface area (Å²) in [6.07, 6.45) is 2.12. The second-order valence-electron chi connectivity index (χ2n) is 4.68. The Kier molecular flexibility index (Phi) is 3.78. The minimum atomic E-state index is -0.0699. The fraction of sp³-hybridized carbons (Fsp3) is 0.0588. The number of benzene rings is 2. The molecule has 4 nitrogen and oxygen atoms in total. The van der Waals surface area contributed by atoms with Crippen LogP contribution in [0.15, 0.2) is 72.9 Å². The summed E-state index contributed by atoms with van der Waals surface area (Å²) in [7, 11) is 0. The fourth-order valence-corrected chi connectivity index (χ4v) is 2.07. The number of hydrogen-bond acceptors (Lipinski definition) is 2. The topological polar surface area (TPSA) is 46.9 Å². The molecule has 0 aliphatic rings. The van der Waals surface area contributed by atoms with E-state index in [1.807, 2.05) is 72.9 Å². The summed E-state index contributed by atoms with van der Waals surface area (Å²) >= 11 is 0. The van der Waals surface area contributed by atoms with Crippen LogP contribution in [0.3, 0.4) is 0 Å². The maximum absolute atomic E-state index is 12.0. The second-order valence-corrected chi connectivity index (χ2v) is 4.68. The Morgan fingerprint density at radius 1 is 0.952 bits per heavy atom. The molecule has 1 heterocycles. The van der Waals surface area contributed by atoms with Crippen LogP contribution < -0.4 is 5.32 Å². The predicted molar refractivity (Wildman–Crippen MR) is 82.3 cm³/mol. The summed E-state index contributed by atoms with van der Waals surface area (Å²) in [5.74, 6) is -0.0699. The van der Waals surface area contributed by atoms with Gasteiger partial charge in [-0.15, -0.1) is 0 Å². The molecule has 3 rings (SSSR count). The number of anilines is 1. The van der Waals surface area contributed by atoms with Crippen LogP contribution in [0.5, 0.6) is 0 Å². The highest BCUT2D eigenvalue weighted by Gasteiger charge is 2.07. The predicted octanol–water partition coefficient (Wildman–Crippen LogP) is 3.05. The Balaban J connectivity index is 1.66. The molecule has 0 saturated heterocycles. The molecule has 2 aromatic carbocycles. The van der Waals surface area contributed by atoms with Gasteiger partial charge in [-0.1, -0.05) is 36.4 Å². The van der Waals surface area contributed by atoms with Crippen molar-refractivity contribution in [3.8, 4) is 5.69 Å². The zero-order valence-electron chi connectivity index (χ0n) is 11.4. The van der Waals surface area contributed by atoms with Crippen LogP contribution in [-0.2, 0) is 11.2 Å². The maximum atomic E-state index is 12.0. The fourth-order valence-electron chi connectivity index (χ4n) is 2.07. The zero-order chi connectivity index (χ0) is 14.5. The van der Waals surface area contributed by atoms with Crippen molar-refractivity contribution in [3.05, 3.63) is 78.6 Å². The molecular formula is C17H15N3O. The van der Waals surface area contributed by atoms with E-state index in [1.54, 1.807) is 4.68 Å². The molecule has 0 aliphatic heterocycles. The number of nitrogens with zero attached hydrogens (tertiary/aromatic N) is 2. The number of aromatic nitrogens is 2. The quantitative estimate of drug-likeness (QED) is 0.796. The van der Waals surface area contributed by atoms with E-state index in [-0.39, 0.29) is 12.3 Å². The third kappa shape index (κ3) is 3.36. The van der Waals surface area contributed by atoms with E-state index >= 15 is 0 Å². The lowest BCUT2D eigenvalue weighted by Gasteiger charge is -2.03. The monoisotopic (exact) mass is 277 g/mol. The number of para-hydroxylation sites is 2. The van der Waals surface area contributed by atoms with Crippen LogP contribution >= 0.6 is 0 Å². The van der Waals surface area contributed by atoms with Crippen molar-refractivity contribution < 1.29 is 4.79 Å². The highest BCUT2D eigenvalue weighted by molar-refractivity contribution is 5.91. The Hall–Kier alpha value is -2.88. The minimum Gasteiger partial charge on any atom is -0.326 e. The van der Waals surface area contributed by atoms with Gasteiger partial charge in [0.15, 0.2) is 0 Å². The molecule has 0 atom stereocenters. The number of nitrogens with one attached hydrogen (secondary N) is 1. The molecular weight excluding hydrogens is 262 g/mol. The summed E-state index contributed by atoms with van der Waals surface area (Å²) in [6.45, 7) is 0. The van der Waals surface area contributed by atoms with E-state index in [1.165, 1.54) is 0 Å². The normalized spacial score (nSPS) is 10.3. The molecule has 0 saturated carbocycles. The number of hydrogen-bond donors (Lipinski definition) is 1. The highest BCUT2D eigenvalue weighted by atomic mass is 16.1. The average Bonchev–Trinajstić information content (AvgIpc) is 2.97. The largest absolute Gasteiger partial charge is 0.326 e. The van der Waals surface area contributed by atoms with Crippen molar-refractivity contribution in [3.63, 3.8) is 0 Å². The minimum absolute atomic E-state index is 0.0699. The third-order valence-electron chi connectivity index (χ3n) is 3.06. The van der Waals surface area contributed by atoms with Crippen LogP contribution in [0.25, 0.3) is 5.69 Å². The molecule has 0 radical (unpaired) electrons. The van der Waals surface area contributed by atoms with Crippen LogP contribution in [0.2, 0.25) is 0 Å². The lowest BCUT2D eigenvalue weighted by molar-refractivity contribution is -0.115. The molecule has 1 aromatic heterocycles. The van der Waals surface area contributed by atoms with E-state index in [2.05, 4.69) is 10.4 Å². The molecule has 3 aromatic rings. The number of carbonyl (C=O) groups excluding carboxylic acids is 1. The van der Waals surface area contributed by atoms with Crippen molar-refractivity contribution >= 4 is 11.6 Å². The van der Waals surface area contributed by atoms with Crippen LogP contribution in [0, 0.1) is 0 Å². The molecule has 0 aliphatic carbocycles. The molecule has 0 bridgehead atoms. The molecule has 104 valence electrons. The van der Waals surface area contributed by atoms with E-state index < -0.39 is 0 Å². The first kappa shape index (κ1) is 13.1. The van der Waals surface area contributed by atoms with Crippen molar-refractivity contribution in [2.24, 2.45) is 0 Å². The Morgan fingerprint density at radius 3 is 2.33 bits per heavy atom. The molecule has 0 fully saturated rings. The van der Waals surface area contributed by atoms with Crippen molar-refractivity contribution in [1.29, 1.82) is 0 Å². The lowest BCUT2D eigenvalue weighted by atomic mass is 10.2. The number of amides is 1. The summed E-state index contributed by atoms with van der Waals surface area (Å²) in [4.78, 5) is 12.0. The molecule has 1 amide bonds.